The Labute approximate surface area is 147 Å². The summed E-state index contributed by atoms with van der Waals surface area (Å²) in [5, 5.41) is 14.5. The largest absolute Gasteiger partial charge is 0.546 e. The minimum absolute atomic E-state index is 0.341. The number of amides is 1. The van der Waals surface area contributed by atoms with Crippen molar-refractivity contribution in [1.82, 2.24) is 5.43 Å². The van der Waals surface area contributed by atoms with Crippen molar-refractivity contribution in [2.45, 2.75) is 6.92 Å². The van der Waals surface area contributed by atoms with Crippen LogP contribution in [0.2, 0.25) is 0 Å². The Bertz CT molecular complexity index is 790. The smallest absolute Gasteiger partial charge is 0.272 e. The zero-order valence-corrected chi connectivity index (χ0v) is 14.4. The average Bonchev–Trinajstić information content (AvgIpc) is 2.58. The third-order valence-corrected chi connectivity index (χ3v) is 3.74. The van der Waals surface area contributed by atoms with Gasteiger partial charge in [-0.15, -0.1) is 0 Å². The molecule has 1 N–H and O–H groups in total. The van der Waals surface area contributed by atoms with Crippen LogP contribution < -0.4 is 15.3 Å². The predicted octanol–water partition coefficient (Wildman–Crippen LogP) is 1.73. The standard InChI is InChI=1S/C17H15BrN2O4/c1-11(12-5-4-6-13(9-12)24-10-16(21)22)19-20-17(23)14-7-2-3-8-15(14)18/h2-9H,10H2,1H3,(H,20,23)(H,21,22)/p-1/b19-11-. The van der Waals surface area contributed by atoms with E-state index in [1.54, 1.807) is 49.4 Å². The molecule has 0 radical (unpaired) electrons. The molecular weight excluding hydrogens is 376 g/mol. The molecule has 2 rings (SSSR count). The number of halogens is 1. The number of hydrazone groups is 1. The van der Waals surface area contributed by atoms with Gasteiger partial charge in [-0.05, 0) is 47.1 Å². The first-order chi connectivity index (χ1) is 11.5. The van der Waals surface area contributed by atoms with Gasteiger partial charge in [-0.25, -0.2) is 5.43 Å². The molecule has 0 heterocycles. The number of ether oxygens (including phenoxy) is 1. The van der Waals surface area contributed by atoms with Crippen LogP contribution in [0.15, 0.2) is 58.1 Å². The molecule has 0 fully saturated rings. The topological polar surface area (TPSA) is 90.8 Å². The van der Waals surface area contributed by atoms with E-state index >= 15 is 0 Å². The number of carboxylic acids is 1. The molecular formula is C17H14BrN2O4-. The van der Waals surface area contributed by atoms with Crippen LogP contribution in [-0.4, -0.2) is 24.2 Å². The summed E-state index contributed by atoms with van der Waals surface area (Å²) in [5.74, 6) is -1.26. The van der Waals surface area contributed by atoms with Gasteiger partial charge in [0.05, 0.1) is 17.2 Å². The molecule has 1 amide bonds. The first-order valence-corrected chi connectivity index (χ1v) is 7.79. The summed E-state index contributed by atoms with van der Waals surface area (Å²) in [4.78, 5) is 22.5. The Kier molecular flexibility index (Phi) is 6.08. The summed E-state index contributed by atoms with van der Waals surface area (Å²) >= 11 is 3.31. The Hall–Kier alpha value is -2.67. The van der Waals surface area contributed by atoms with Gasteiger partial charge in [0, 0.05) is 10.0 Å². The number of hydrogen-bond donors (Lipinski definition) is 1. The first kappa shape index (κ1) is 17.7. The first-order valence-electron chi connectivity index (χ1n) is 6.99. The maximum Gasteiger partial charge on any atom is 0.272 e. The number of nitrogens with one attached hydrogen (secondary N) is 1. The molecule has 0 aromatic heterocycles. The number of aliphatic carboxylic acids is 1. The highest BCUT2D eigenvalue weighted by atomic mass is 79.9. The molecule has 0 aliphatic heterocycles. The van der Waals surface area contributed by atoms with Crippen molar-refractivity contribution in [3.8, 4) is 5.75 Å². The molecule has 2 aromatic carbocycles. The van der Waals surface area contributed by atoms with Gasteiger partial charge in [-0.2, -0.15) is 5.10 Å². The molecule has 6 nitrogen and oxygen atoms in total. The van der Waals surface area contributed by atoms with Crippen LogP contribution in [0.3, 0.4) is 0 Å². The second kappa shape index (κ2) is 8.26. The third kappa shape index (κ3) is 4.92. The van der Waals surface area contributed by atoms with Gasteiger partial charge in [0.15, 0.2) is 0 Å². The van der Waals surface area contributed by atoms with E-state index in [0.717, 1.165) is 0 Å². The van der Waals surface area contributed by atoms with E-state index in [2.05, 4.69) is 26.5 Å². The second-order valence-corrected chi connectivity index (χ2v) is 5.66. The van der Waals surface area contributed by atoms with E-state index < -0.39 is 12.6 Å². The monoisotopic (exact) mass is 389 g/mol. The van der Waals surface area contributed by atoms with Crippen molar-refractivity contribution in [1.29, 1.82) is 0 Å². The molecule has 0 aliphatic rings. The Balaban J connectivity index is 2.08. The summed E-state index contributed by atoms with van der Waals surface area (Å²) in [6.07, 6.45) is 0. The SMILES string of the molecule is C/C(=N/NC(=O)c1ccccc1Br)c1cccc(OCC(=O)[O-])c1. The van der Waals surface area contributed by atoms with Crippen molar-refractivity contribution >= 4 is 33.5 Å². The number of carbonyl (C=O) groups is 2. The summed E-state index contributed by atoms with van der Waals surface area (Å²) in [7, 11) is 0. The van der Waals surface area contributed by atoms with Gasteiger partial charge in [0.1, 0.15) is 12.4 Å². The lowest BCUT2D eigenvalue weighted by Gasteiger charge is -2.08. The number of benzene rings is 2. The molecule has 0 saturated carbocycles. The minimum atomic E-state index is -1.30. The summed E-state index contributed by atoms with van der Waals surface area (Å²) < 4.78 is 5.73. The van der Waals surface area contributed by atoms with Gasteiger partial charge in [-0.1, -0.05) is 24.3 Å². The number of carbonyl (C=O) groups excluding carboxylic acids is 2. The van der Waals surface area contributed by atoms with Gasteiger partial charge < -0.3 is 14.6 Å². The lowest BCUT2D eigenvalue weighted by Crippen LogP contribution is -2.28. The van der Waals surface area contributed by atoms with E-state index in [9.17, 15) is 14.7 Å². The Morgan fingerprint density at radius 3 is 2.67 bits per heavy atom. The Morgan fingerprint density at radius 2 is 1.96 bits per heavy atom. The molecule has 0 spiro atoms. The highest BCUT2D eigenvalue weighted by molar-refractivity contribution is 9.10. The zero-order valence-electron chi connectivity index (χ0n) is 12.8. The van der Waals surface area contributed by atoms with E-state index in [0.29, 0.717) is 27.1 Å². The number of rotatable bonds is 6. The lowest BCUT2D eigenvalue weighted by molar-refractivity contribution is -0.307. The molecule has 0 aliphatic carbocycles. The summed E-state index contributed by atoms with van der Waals surface area (Å²) in [5.41, 5.74) is 4.20. The van der Waals surface area contributed by atoms with Crippen LogP contribution >= 0.6 is 15.9 Å². The molecule has 2 aromatic rings. The Morgan fingerprint density at radius 1 is 1.21 bits per heavy atom. The molecule has 7 heteroatoms. The van der Waals surface area contributed by atoms with E-state index in [-0.39, 0.29) is 5.91 Å². The zero-order chi connectivity index (χ0) is 17.5. The highest BCUT2D eigenvalue weighted by Gasteiger charge is 2.08. The predicted molar refractivity (Wildman–Crippen MR) is 90.8 cm³/mol. The fraction of sp³-hybridized carbons (Fsp3) is 0.118. The van der Waals surface area contributed by atoms with Gasteiger partial charge in [0.2, 0.25) is 0 Å². The van der Waals surface area contributed by atoms with Gasteiger partial charge >= 0.3 is 0 Å². The maximum absolute atomic E-state index is 12.1. The van der Waals surface area contributed by atoms with Gasteiger partial charge in [-0.3, -0.25) is 4.79 Å². The minimum Gasteiger partial charge on any atom is -0.546 e. The van der Waals surface area contributed by atoms with Crippen molar-refractivity contribution in [2.75, 3.05) is 6.61 Å². The quantitative estimate of drug-likeness (QED) is 0.601. The highest BCUT2D eigenvalue weighted by Crippen LogP contribution is 2.16. The molecule has 0 atom stereocenters. The fourth-order valence-electron chi connectivity index (χ4n) is 1.86. The fourth-order valence-corrected chi connectivity index (χ4v) is 2.32. The van der Waals surface area contributed by atoms with Crippen LogP contribution in [0.5, 0.6) is 5.75 Å². The molecule has 0 unspecified atom stereocenters. The van der Waals surface area contributed by atoms with Crippen LogP contribution in [0.25, 0.3) is 0 Å². The number of nitrogens with zero attached hydrogens (tertiary/aromatic N) is 1. The van der Waals surface area contributed by atoms with Crippen LogP contribution in [0.1, 0.15) is 22.8 Å². The summed E-state index contributed by atoms with van der Waals surface area (Å²) in [6.45, 7) is 1.19. The van der Waals surface area contributed by atoms with E-state index in [1.807, 2.05) is 6.07 Å². The molecule has 0 saturated heterocycles. The summed E-state index contributed by atoms with van der Waals surface area (Å²) in [6, 6.07) is 13.7. The van der Waals surface area contributed by atoms with Crippen molar-refractivity contribution in [2.24, 2.45) is 5.10 Å². The third-order valence-electron chi connectivity index (χ3n) is 3.05. The van der Waals surface area contributed by atoms with E-state index in [1.165, 1.54) is 0 Å². The number of carboxylic acid groups (broad SMARTS) is 1. The lowest BCUT2D eigenvalue weighted by atomic mass is 10.1. The van der Waals surface area contributed by atoms with Crippen molar-refractivity contribution < 1.29 is 19.4 Å². The van der Waals surface area contributed by atoms with Crippen LogP contribution in [-0.2, 0) is 4.79 Å². The van der Waals surface area contributed by atoms with Crippen LogP contribution in [0.4, 0.5) is 0 Å². The van der Waals surface area contributed by atoms with Crippen molar-refractivity contribution in [3.63, 3.8) is 0 Å². The van der Waals surface area contributed by atoms with Crippen molar-refractivity contribution in [3.05, 3.63) is 64.1 Å². The van der Waals surface area contributed by atoms with Crippen LogP contribution in [0, 0.1) is 0 Å². The molecule has 0 bridgehead atoms. The average molecular weight is 390 g/mol. The second-order valence-electron chi connectivity index (χ2n) is 4.81. The molecule has 124 valence electrons. The maximum atomic E-state index is 12.1. The van der Waals surface area contributed by atoms with E-state index in [4.69, 9.17) is 4.74 Å². The molecule has 24 heavy (non-hydrogen) atoms. The van der Waals surface area contributed by atoms with Gasteiger partial charge in [0.25, 0.3) is 5.91 Å². The number of hydrogen-bond acceptors (Lipinski definition) is 5. The normalized spacial score (nSPS) is 11.0.